The molecule has 4 rings (SSSR count). The summed E-state index contributed by atoms with van der Waals surface area (Å²) < 4.78 is 1.79. The molecule has 0 bridgehead atoms. The highest BCUT2D eigenvalue weighted by atomic mass is 16.2. The number of nitrogens with zero attached hydrogens (tertiary/aromatic N) is 6. The van der Waals surface area contributed by atoms with E-state index in [9.17, 15) is 4.79 Å². The largest absolute Gasteiger partial charge is 0.338 e. The fourth-order valence-corrected chi connectivity index (χ4v) is 3.24. The van der Waals surface area contributed by atoms with Gasteiger partial charge < -0.3 is 4.90 Å². The normalized spacial score (nSPS) is 17.4. The van der Waals surface area contributed by atoms with Crippen LogP contribution in [0.25, 0.3) is 5.69 Å². The summed E-state index contributed by atoms with van der Waals surface area (Å²) in [7, 11) is 0. The molecular weight excluding hydrogens is 316 g/mol. The van der Waals surface area contributed by atoms with Crippen molar-refractivity contribution < 1.29 is 4.79 Å². The Balaban J connectivity index is 1.53. The monoisotopic (exact) mass is 334 g/mol. The smallest absolute Gasteiger partial charge is 0.253 e. The summed E-state index contributed by atoms with van der Waals surface area (Å²) in [5.41, 5.74) is 2.50. The molecule has 3 heterocycles. The van der Waals surface area contributed by atoms with Gasteiger partial charge in [0.05, 0.1) is 5.69 Å². The van der Waals surface area contributed by atoms with Crippen LogP contribution in [0.2, 0.25) is 0 Å². The Morgan fingerprint density at radius 2 is 2.04 bits per heavy atom. The quantitative estimate of drug-likeness (QED) is 0.733. The van der Waals surface area contributed by atoms with Gasteiger partial charge in [0.15, 0.2) is 0 Å². The van der Waals surface area contributed by atoms with Gasteiger partial charge >= 0.3 is 0 Å². The SMILES string of the molecule is O=C(c1cccc(-n2cnnc2)c1)N1CCC[C@@H](c2cnccn2)C1. The van der Waals surface area contributed by atoms with E-state index in [0.29, 0.717) is 12.1 Å². The zero-order chi connectivity index (χ0) is 17.1. The van der Waals surface area contributed by atoms with E-state index in [1.807, 2.05) is 29.2 Å². The van der Waals surface area contributed by atoms with Crippen molar-refractivity contribution in [1.82, 2.24) is 29.6 Å². The molecule has 1 aliphatic heterocycles. The number of aromatic nitrogens is 5. The van der Waals surface area contributed by atoms with Crippen LogP contribution in [-0.4, -0.2) is 48.6 Å². The first-order valence-corrected chi connectivity index (χ1v) is 8.31. The van der Waals surface area contributed by atoms with Crippen LogP contribution in [0.15, 0.2) is 55.5 Å². The summed E-state index contributed by atoms with van der Waals surface area (Å²) in [5, 5.41) is 7.62. The number of hydrogen-bond acceptors (Lipinski definition) is 5. The molecule has 1 aromatic carbocycles. The fourth-order valence-electron chi connectivity index (χ4n) is 3.24. The molecule has 7 nitrogen and oxygen atoms in total. The summed E-state index contributed by atoms with van der Waals surface area (Å²) in [4.78, 5) is 23.4. The van der Waals surface area contributed by atoms with Gasteiger partial charge in [0, 0.05) is 48.8 Å². The Kier molecular flexibility index (Phi) is 4.20. The minimum absolute atomic E-state index is 0.0449. The van der Waals surface area contributed by atoms with Crippen LogP contribution in [0, 0.1) is 0 Å². The van der Waals surface area contributed by atoms with Crippen LogP contribution >= 0.6 is 0 Å². The van der Waals surface area contributed by atoms with Crippen LogP contribution < -0.4 is 0 Å². The highest BCUT2D eigenvalue weighted by Crippen LogP contribution is 2.26. The Morgan fingerprint density at radius 1 is 1.16 bits per heavy atom. The third-order valence-corrected chi connectivity index (χ3v) is 4.52. The second-order valence-electron chi connectivity index (χ2n) is 6.14. The van der Waals surface area contributed by atoms with E-state index in [-0.39, 0.29) is 11.8 Å². The van der Waals surface area contributed by atoms with Gasteiger partial charge in [-0.1, -0.05) is 6.07 Å². The molecule has 1 atom stereocenters. The second-order valence-corrected chi connectivity index (χ2v) is 6.14. The molecule has 0 N–H and O–H groups in total. The zero-order valence-electron chi connectivity index (χ0n) is 13.7. The van der Waals surface area contributed by atoms with Gasteiger partial charge in [-0.15, -0.1) is 10.2 Å². The van der Waals surface area contributed by atoms with Crippen molar-refractivity contribution in [1.29, 1.82) is 0 Å². The first-order chi connectivity index (χ1) is 12.3. The lowest BCUT2D eigenvalue weighted by Crippen LogP contribution is -2.39. The maximum atomic E-state index is 12.9. The molecule has 1 saturated heterocycles. The lowest BCUT2D eigenvalue weighted by atomic mass is 9.94. The van der Waals surface area contributed by atoms with Crippen LogP contribution in [0.5, 0.6) is 0 Å². The van der Waals surface area contributed by atoms with Gasteiger partial charge in [0.1, 0.15) is 12.7 Å². The molecule has 0 saturated carbocycles. The van der Waals surface area contributed by atoms with Crippen LogP contribution in [0.1, 0.15) is 34.8 Å². The number of rotatable bonds is 3. The molecule has 7 heteroatoms. The molecule has 0 radical (unpaired) electrons. The van der Waals surface area contributed by atoms with Crippen LogP contribution in [0.4, 0.5) is 0 Å². The Hall–Kier alpha value is -3.09. The summed E-state index contributed by atoms with van der Waals surface area (Å²) in [6.45, 7) is 1.45. The molecule has 1 amide bonds. The number of hydrogen-bond donors (Lipinski definition) is 0. The maximum Gasteiger partial charge on any atom is 0.253 e. The van der Waals surface area contributed by atoms with E-state index >= 15 is 0 Å². The van der Waals surface area contributed by atoms with Crippen molar-refractivity contribution in [3.8, 4) is 5.69 Å². The molecule has 3 aromatic rings. The fraction of sp³-hybridized carbons (Fsp3) is 0.278. The first-order valence-electron chi connectivity index (χ1n) is 8.31. The van der Waals surface area contributed by atoms with E-state index in [2.05, 4.69) is 20.2 Å². The van der Waals surface area contributed by atoms with Gasteiger partial charge in [-0.25, -0.2) is 0 Å². The summed E-state index contributed by atoms with van der Waals surface area (Å²) >= 11 is 0. The Bertz CT molecular complexity index is 849. The van der Waals surface area contributed by atoms with Gasteiger partial charge in [0.25, 0.3) is 5.91 Å². The Labute approximate surface area is 145 Å². The van der Waals surface area contributed by atoms with Gasteiger partial charge in [0.2, 0.25) is 0 Å². The molecular formula is C18H18N6O. The number of amides is 1. The number of benzene rings is 1. The molecule has 126 valence electrons. The molecule has 0 spiro atoms. The van der Waals surface area contributed by atoms with Crippen molar-refractivity contribution in [2.75, 3.05) is 13.1 Å². The zero-order valence-corrected chi connectivity index (χ0v) is 13.7. The summed E-state index contributed by atoms with van der Waals surface area (Å²) in [6.07, 6.45) is 10.4. The topological polar surface area (TPSA) is 76.8 Å². The van der Waals surface area contributed by atoms with Gasteiger partial charge in [-0.05, 0) is 31.0 Å². The standard InChI is InChI=1S/C18H18N6O/c25-18(14-3-1-5-16(9-14)24-12-21-22-13-24)23-8-2-4-15(11-23)17-10-19-6-7-20-17/h1,3,5-7,9-10,12-13,15H,2,4,8,11H2/t15-/m1/s1. The molecule has 0 unspecified atom stereocenters. The van der Waals surface area contributed by atoms with Crippen molar-refractivity contribution in [3.63, 3.8) is 0 Å². The summed E-state index contributed by atoms with van der Waals surface area (Å²) in [5.74, 6) is 0.288. The van der Waals surface area contributed by atoms with Crippen molar-refractivity contribution >= 4 is 5.91 Å². The molecule has 0 aliphatic carbocycles. The van der Waals surface area contributed by atoms with E-state index < -0.39 is 0 Å². The average Bonchev–Trinajstić information content (AvgIpc) is 3.23. The van der Waals surface area contributed by atoms with E-state index in [4.69, 9.17) is 0 Å². The highest BCUT2D eigenvalue weighted by molar-refractivity contribution is 5.94. The highest BCUT2D eigenvalue weighted by Gasteiger charge is 2.26. The number of likely N-dealkylation sites (tertiary alicyclic amines) is 1. The minimum atomic E-state index is 0.0449. The van der Waals surface area contributed by atoms with Gasteiger partial charge in [-0.2, -0.15) is 0 Å². The lowest BCUT2D eigenvalue weighted by Gasteiger charge is -2.32. The van der Waals surface area contributed by atoms with E-state index in [0.717, 1.165) is 30.8 Å². The van der Waals surface area contributed by atoms with E-state index in [1.54, 1.807) is 35.8 Å². The van der Waals surface area contributed by atoms with Gasteiger partial charge in [-0.3, -0.25) is 19.3 Å². The third kappa shape index (κ3) is 3.26. The first kappa shape index (κ1) is 15.4. The second kappa shape index (κ2) is 6.80. The summed E-state index contributed by atoms with van der Waals surface area (Å²) in [6, 6.07) is 7.53. The van der Waals surface area contributed by atoms with Crippen molar-refractivity contribution in [2.45, 2.75) is 18.8 Å². The van der Waals surface area contributed by atoms with Crippen LogP contribution in [-0.2, 0) is 0 Å². The molecule has 2 aromatic heterocycles. The molecule has 1 fully saturated rings. The number of carbonyl (C=O) groups excluding carboxylic acids is 1. The molecule has 25 heavy (non-hydrogen) atoms. The van der Waals surface area contributed by atoms with Crippen LogP contribution in [0.3, 0.4) is 0 Å². The minimum Gasteiger partial charge on any atom is -0.338 e. The van der Waals surface area contributed by atoms with E-state index in [1.165, 1.54) is 0 Å². The lowest BCUT2D eigenvalue weighted by molar-refractivity contribution is 0.0705. The maximum absolute atomic E-state index is 12.9. The molecule has 1 aliphatic rings. The third-order valence-electron chi connectivity index (χ3n) is 4.52. The Morgan fingerprint density at radius 3 is 2.84 bits per heavy atom. The number of carbonyl (C=O) groups is 1. The number of piperidine rings is 1. The van der Waals surface area contributed by atoms with Crippen molar-refractivity contribution in [3.05, 3.63) is 66.8 Å². The predicted octanol–water partition coefficient (Wildman–Crippen LogP) is 2.08. The van der Waals surface area contributed by atoms with Crippen molar-refractivity contribution in [2.24, 2.45) is 0 Å². The average molecular weight is 334 g/mol. The predicted molar refractivity (Wildman–Crippen MR) is 91.3 cm³/mol.